The molecule has 0 aromatic heterocycles. The Balaban J connectivity index is 2.35. The van der Waals surface area contributed by atoms with Gasteiger partial charge in [-0.3, -0.25) is 10.2 Å². The van der Waals surface area contributed by atoms with E-state index in [0.717, 1.165) is 6.42 Å². The van der Waals surface area contributed by atoms with Crippen molar-refractivity contribution in [3.8, 4) is 0 Å². The van der Waals surface area contributed by atoms with Crippen LogP contribution in [0.25, 0.3) is 0 Å². The molecule has 1 fully saturated rings. The van der Waals surface area contributed by atoms with Crippen LogP contribution in [0, 0.1) is 0 Å². The number of nitrogens with zero attached hydrogens (tertiary/aromatic N) is 1. The Morgan fingerprint density at radius 3 is 2.83 bits per heavy atom. The third kappa shape index (κ3) is 2.87. The van der Waals surface area contributed by atoms with E-state index < -0.39 is 6.09 Å². The number of carboxylic acid groups (broad SMARTS) is 1. The summed E-state index contributed by atoms with van der Waals surface area (Å²) in [7, 11) is 0. The van der Waals surface area contributed by atoms with E-state index in [0.29, 0.717) is 25.9 Å². The van der Waals surface area contributed by atoms with Gasteiger partial charge in [0.15, 0.2) is 0 Å². The standard InChI is InChI=1S/C7H12N2O3/c10-6-2-1-4-9(5-3-6)8-7(11)12/h8H,1-5H2,(H,11,12). The Bertz CT molecular complexity index is 193. The Morgan fingerprint density at radius 1 is 1.42 bits per heavy atom. The Kier molecular flexibility index (Phi) is 3.04. The number of nitrogens with one attached hydrogen (secondary N) is 1. The van der Waals surface area contributed by atoms with Gasteiger partial charge >= 0.3 is 6.09 Å². The van der Waals surface area contributed by atoms with E-state index >= 15 is 0 Å². The van der Waals surface area contributed by atoms with E-state index in [2.05, 4.69) is 5.43 Å². The third-order valence-corrected chi connectivity index (χ3v) is 1.80. The smallest absolute Gasteiger partial charge is 0.419 e. The maximum atomic E-state index is 10.9. The first-order chi connectivity index (χ1) is 5.68. The third-order valence-electron chi connectivity index (χ3n) is 1.80. The molecule has 5 heteroatoms. The van der Waals surface area contributed by atoms with Crippen LogP contribution in [0.3, 0.4) is 0 Å². The fourth-order valence-electron chi connectivity index (χ4n) is 1.21. The molecule has 0 unspecified atom stereocenters. The van der Waals surface area contributed by atoms with Gasteiger partial charge in [0.1, 0.15) is 5.78 Å². The van der Waals surface area contributed by atoms with Crippen molar-refractivity contribution in [2.75, 3.05) is 13.1 Å². The lowest BCUT2D eigenvalue weighted by atomic mass is 10.2. The molecule has 5 nitrogen and oxygen atoms in total. The highest BCUT2D eigenvalue weighted by molar-refractivity contribution is 5.78. The molecule has 0 aromatic rings. The van der Waals surface area contributed by atoms with Crippen molar-refractivity contribution < 1.29 is 14.7 Å². The fourth-order valence-corrected chi connectivity index (χ4v) is 1.21. The predicted octanol–water partition coefficient (Wildman–Crippen LogP) is 0.224. The summed E-state index contributed by atoms with van der Waals surface area (Å²) in [5.74, 6) is 0.213. The molecular formula is C7H12N2O3. The summed E-state index contributed by atoms with van der Waals surface area (Å²) in [5, 5.41) is 9.95. The van der Waals surface area contributed by atoms with Gasteiger partial charge in [-0.25, -0.2) is 9.80 Å². The molecule has 0 radical (unpaired) electrons. The molecule has 1 rings (SSSR count). The van der Waals surface area contributed by atoms with Gasteiger partial charge in [0.25, 0.3) is 0 Å². The van der Waals surface area contributed by atoms with Gasteiger partial charge in [-0.1, -0.05) is 0 Å². The summed E-state index contributed by atoms with van der Waals surface area (Å²) in [6, 6.07) is 0. The molecule has 0 aromatic carbocycles. The summed E-state index contributed by atoms with van der Waals surface area (Å²) in [4.78, 5) is 21.1. The highest BCUT2D eigenvalue weighted by Crippen LogP contribution is 2.03. The number of hydrazine groups is 1. The van der Waals surface area contributed by atoms with Crippen LogP contribution >= 0.6 is 0 Å². The van der Waals surface area contributed by atoms with Crippen molar-refractivity contribution in [3.05, 3.63) is 0 Å². The second-order valence-corrected chi connectivity index (χ2v) is 2.80. The van der Waals surface area contributed by atoms with Gasteiger partial charge in [-0.15, -0.1) is 0 Å². The first kappa shape index (κ1) is 8.99. The van der Waals surface area contributed by atoms with Crippen LogP contribution in [-0.4, -0.2) is 35.1 Å². The Hall–Kier alpha value is -1.10. The first-order valence-corrected chi connectivity index (χ1v) is 3.95. The van der Waals surface area contributed by atoms with Gasteiger partial charge in [-0.05, 0) is 6.42 Å². The lowest BCUT2D eigenvalue weighted by Crippen LogP contribution is -2.41. The summed E-state index contributed by atoms with van der Waals surface area (Å²) in [5.41, 5.74) is 2.24. The lowest BCUT2D eigenvalue weighted by molar-refractivity contribution is -0.118. The molecule has 1 heterocycles. The van der Waals surface area contributed by atoms with Gasteiger partial charge in [0, 0.05) is 25.9 Å². The van der Waals surface area contributed by atoms with Crippen molar-refractivity contribution in [1.29, 1.82) is 0 Å². The van der Waals surface area contributed by atoms with E-state index in [1.165, 1.54) is 0 Å². The minimum Gasteiger partial charge on any atom is -0.464 e. The molecule has 1 aliphatic rings. The maximum Gasteiger partial charge on any atom is 0.419 e. The molecule has 0 atom stereocenters. The van der Waals surface area contributed by atoms with Crippen LogP contribution in [0.15, 0.2) is 0 Å². The quantitative estimate of drug-likeness (QED) is 0.593. The minimum absolute atomic E-state index is 0.213. The van der Waals surface area contributed by atoms with Gasteiger partial charge in [0.05, 0.1) is 0 Å². The van der Waals surface area contributed by atoms with Crippen LogP contribution in [-0.2, 0) is 4.79 Å². The second-order valence-electron chi connectivity index (χ2n) is 2.80. The second kappa shape index (κ2) is 4.06. The van der Waals surface area contributed by atoms with Crippen molar-refractivity contribution in [2.24, 2.45) is 0 Å². The van der Waals surface area contributed by atoms with E-state index in [1.807, 2.05) is 0 Å². The number of ketones is 1. The Labute approximate surface area is 70.3 Å². The van der Waals surface area contributed by atoms with Gasteiger partial charge in [-0.2, -0.15) is 0 Å². The van der Waals surface area contributed by atoms with Crippen LogP contribution in [0.4, 0.5) is 4.79 Å². The van der Waals surface area contributed by atoms with Crippen LogP contribution in [0.2, 0.25) is 0 Å². The van der Waals surface area contributed by atoms with Crippen LogP contribution < -0.4 is 5.43 Å². The molecule has 0 bridgehead atoms. The maximum absolute atomic E-state index is 10.9. The zero-order valence-electron chi connectivity index (χ0n) is 6.75. The van der Waals surface area contributed by atoms with Crippen LogP contribution in [0.5, 0.6) is 0 Å². The number of rotatable bonds is 1. The molecule has 1 amide bonds. The summed E-state index contributed by atoms with van der Waals surface area (Å²) < 4.78 is 0. The molecule has 1 aliphatic heterocycles. The van der Waals surface area contributed by atoms with E-state index in [4.69, 9.17) is 5.11 Å². The Morgan fingerprint density at radius 2 is 2.17 bits per heavy atom. The molecule has 0 saturated carbocycles. The molecule has 12 heavy (non-hydrogen) atoms. The topological polar surface area (TPSA) is 69.6 Å². The highest BCUT2D eigenvalue weighted by atomic mass is 16.4. The van der Waals surface area contributed by atoms with Crippen molar-refractivity contribution >= 4 is 11.9 Å². The lowest BCUT2D eigenvalue weighted by Gasteiger charge is -2.17. The number of carbonyl (C=O) groups is 2. The van der Waals surface area contributed by atoms with E-state index in [9.17, 15) is 9.59 Å². The molecular weight excluding hydrogens is 160 g/mol. The molecule has 0 aliphatic carbocycles. The number of amides is 1. The van der Waals surface area contributed by atoms with Gasteiger partial charge < -0.3 is 5.11 Å². The van der Waals surface area contributed by atoms with Crippen molar-refractivity contribution in [2.45, 2.75) is 19.3 Å². The average Bonchev–Trinajstić information content (AvgIpc) is 2.15. The number of hydrogen-bond donors (Lipinski definition) is 2. The van der Waals surface area contributed by atoms with Crippen molar-refractivity contribution in [3.63, 3.8) is 0 Å². The minimum atomic E-state index is -1.07. The fraction of sp³-hybridized carbons (Fsp3) is 0.714. The SMILES string of the molecule is O=C1CCCN(NC(=O)O)CC1. The molecule has 1 saturated heterocycles. The monoisotopic (exact) mass is 172 g/mol. The first-order valence-electron chi connectivity index (χ1n) is 3.95. The average molecular weight is 172 g/mol. The zero-order valence-corrected chi connectivity index (χ0v) is 6.75. The van der Waals surface area contributed by atoms with Crippen LogP contribution in [0.1, 0.15) is 19.3 Å². The number of carbonyl (C=O) groups excluding carboxylic acids is 1. The predicted molar refractivity (Wildman–Crippen MR) is 41.6 cm³/mol. The summed E-state index contributed by atoms with van der Waals surface area (Å²) in [6.07, 6.45) is 0.682. The number of hydrogen-bond acceptors (Lipinski definition) is 3. The normalized spacial score (nSPS) is 20.2. The van der Waals surface area contributed by atoms with Gasteiger partial charge in [0.2, 0.25) is 0 Å². The highest BCUT2D eigenvalue weighted by Gasteiger charge is 2.14. The summed E-state index contributed by atoms with van der Waals surface area (Å²) in [6.45, 7) is 1.11. The molecule has 68 valence electrons. The number of Topliss-reactive ketones (excluding diaryl/α,β-unsaturated/α-hetero) is 1. The molecule has 2 N–H and O–H groups in total. The van der Waals surface area contributed by atoms with E-state index in [1.54, 1.807) is 5.01 Å². The summed E-state index contributed by atoms with van der Waals surface area (Å²) >= 11 is 0. The molecule has 0 spiro atoms. The van der Waals surface area contributed by atoms with E-state index in [-0.39, 0.29) is 5.78 Å². The zero-order chi connectivity index (χ0) is 8.97. The van der Waals surface area contributed by atoms with Crippen molar-refractivity contribution in [1.82, 2.24) is 10.4 Å². The largest absolute Gasteiger partial charge is 0.464 e.